The van der Waals surface area contributed by atoms with Crippen LogP contribution in [0.25, 0.3) is 10.9 Å². The molecule has 2 aromatic rings. The largest absolute Gasteiger partial charge is 0.394 e. The maximum Gasteiger partial charge on any atom is 0.270 e. The van der Waals surface area contributed by atoms with E-state index in [-0.39, 0.29) is 18.9 Å². The molecule has 0 bridgehead atoms. The first-order valence-corrected chi connectivity index (χ1v) is 6.49. The van der Waals surface area contributed by atoms with Crippen molar-refractivity contribution in [1.29, 1.82) is 0 Å². The predicted molar refractivity (Wildman–Crippen MR) is 77.0 cm³/mol. The molecule has 0 aliphatic heterocycles. The number of aliphatic hydroxyl groups excluding tert-OH is 1. The molecule has 0 saturated carbocycles. The van der Waals surface area contributed by atoms with Gasteiger partial charge < -0.3 is 15.2 Å². The number of benzene rings is 1. The molecule has 5 nitrogen and oxygen atoms in total. The van der Waals surface area contributed by atoms with Crippen LogP contribution in [0.3, 0.4) is 0 Å². The van der Waals surface area contributed by atoms with Crippen LogP contribution in [0.1, 0.15) is 10.5 Å². The predicted octanol–water partition coefficient (Wildman–Crippen LogP) is 1.63. The van der Waals surface area contributed by atoms with Crippen LogP contribution in [0.4, 0.5) is 0 Å². The third kappa shape index (κ3) is 3.25. The van der Waals surface area contributed by atoms with E-state index in [1.54, 1.807) is 6.07 Å². The molecule has 0 radical (unpaired) electrons. The molecule has 0 saturated heterocycles. The first-order chi connectivity index (χ1) is 9.65. The van der Waals surface area contributed by atoms with E-state index in [1.807, 2.05) is 18.2 Å². The Bertz CT molecular complexity index is 618. The molecule has 0 fully saturated rings. The van der Waals surface area contributed by atoms with E-state index in [1.165, 1.54) is 13.2 Å². The minimum atomic E-state index is -0.473. The fraction of sp³-hybridized carbons (Fsp3) is 0.286. The minimum Gasteiger partial charge on any atom is -0.394 e. The number of carbonyl (C=O) groups excluding carboxylic acids is 1. The summed E-state index contributed by atoms with van der Waals surface area (Å²) in [5, 5.41) is 13.0. The lowest BCUT2D eigenvalue weighted by Gasteiger charge is -2.15. The zero-order chi connectivity index (χ0) is 14.5. The Hall–Kier alpha value is -1.69. The molecular weight excluding hydrogens is 280 g/mol. The maximum absolute atomic E-state index is 12.1. The number of pyridine rings is 1. The number of halogens is 1. The van der Waals surface area contributed by atoms with Gasteiger partial charge in [-0.25, -0.2) is 4.98 Å². The third-order valence-corrected chi connectivity index (χ3v) is 3.13. The highest BCUT2D eigenvalue weighted by molar-refractivity contribution is 6.35. The number of ether oxygens (including phenoxy) is 1. The molecule has 6 heteroatoms. The summed E-state index contributed by atoms with van der Waals surface area (Å²) in [7, 11) is 1.50. The summed E-state index contributed by atoms with van der Waals surface area (Å²) in [6.45, 7) is 0.0183. The SMILES string of the molecule is COCC(CO)NC(=O)c1cc(Cl)c2ccccc2n1. The Morgan fingerprint density at radius 2 is 2.25 bits per heavy atom. The van der Waals surface area contributed by atoms with Crippen molar-refractivity contribution < 1.29 is 14.6 Å². The summed E-state index contributed by atoms with van der Waals surface area (Å²) in [6.07, 6.45) is 0. The lowest BCUT2D eigenvalue weighted by atomic mass is 10.2. The van der Waals surface area contributed by atoms with E-state index in [9.17, 15) is 4.79 Å². The summed E-state index contributed by atoms with van der Waals surface area (Å²) < 4.78 is 4.90. The van der Waals surface area contributed by atoms with Crippen LogP contribution in [0, 0.1) is 0 Å². The fourth-order valence-electron chi connectivity index (χ4n) is 1.85. The van der Waals surface area contributed by atoms with Crippen LogP contribution in [0.2, 0.25) is 5.02 Å². The van der Waals surface area contributed by atoms with Crippen molar-refractivity contribution in [3.8, 4) is 0 Å². The van der Waals surface area contributed by atoms with Crippen LogP contribution in [-0.4, -0.2) is 42.4 Å². The van der Waals surface area contributed by atoms with E-state index >= 15 is 0 Å². The van der Waals surface area contributed by atoms with E-state index in [2.05, 4.69) is 10.3 Å². The number of methoxy groups -OCH3 is 1. The Morgan fingerprint density at radius 3 is 2.95 bits per heavy atom. The monoisotopic (exact) mass is 294 g/mol. The van der Waals surface area contributed by atoms with Gasteiger partial charge in [-0.2, -0.15) is 0 Å². The standard InChI is InChI=1S/C14H15ClN2O3/c1-20-8-9(7-18)16-14(19)13-6-11(15)10-4-2-3-5-12(10)17-13/h2-6,9,18H,7-8H2,1H3,(H,16,19). The van der Waals surface area contributed by atoms with Gasteiger partial charge in [0.05, 0.1) is 29.8 Å². The average Bonchev–Trinajstić information content (AvgIpc) is 2.46. The van der Waals surface area contributed by atoms with Gasteiger partial charge in [-0.1, -0.05) is 29.8 Å². The maximum atomic E-state index is 12.1. The van der Waals surface area contributed by atoms with Gasteiger partial charge in [0.15, 0.2) is 0 Å². The number of amides is 1. The van der Waals surface area contributed by atoms with Gasteiger partial charge in [-0.15, -0.1) is 0 Å². The van der Waals surface area contributed by atoms with E-state index < -0.39 is 11.9 Å². The summed E-state index contributed by atoms with van der Waals surface area (Å²) >= 11 is 6.14. The lowest BCUT2D eigenvalue weighted by Crippen LogP contribution is -2.40. The van der Waals surface area contributed by atoms with Gasteiger partial charge in [-0.05, 0) is 12.1 Å². The molecule has 0 spiro atoms. The molecule has 1 unspecified atom stereocenters. The van der Waals surface area contributed by atoms with Crippen LogP contribution in [-0.2, 0) is 4.74 Å². The molecule has 1 atom stereocenters. The normalized spacial score (nSPS) is 12.3. The molecule has 0 aliphatic rings. The number of hydrogen-bond acceptors (Lipinski definition) is 4. The number of rotatable bonds is 5. The molecular formula is C14H15ClN2O3. The van der Waals surface area contributed by atoms with Gasteiger partial charge >= 0.3 is 0 Å². The summed E-state index contributed by atoms with van der Waals surface area (Å²) in [5.74, 6) is -0.395. The van der Waals surface area contributed by atoms with Gasteiger partial charge in [0.1, 0.15) is 5.69 Å². The molecule has 106 valence electrons. The van der Waals surface area contributed by atoms with Crippen LogP contribution < -0.4 is 5.32 Å². The van der Waals surface area contributed by atoms with Crippen molar-refractivity contribution in [3.05, 3.63) is 41.0 Å². The smallest absolute Gasteiger partial charge is 0.270 e. The van der Waals surface area contributed by atoms with Crippen molar-refractivity contribution in [2.24, 2.45) is 0 Å². The van der Waals surface area contributed by atoms with E-state index in [0.717, 1.165) is 5.39 Å². The first kappa shape index (κ1) is 14.7. The Kier molecular flexibility index (Phi) is 4.89. The number of carbonyl (C=O) groups is 1. The quantitative estimate of drug-likeness (QED) is 0.879. The number of fused-ring (bicyclic) bond motifs is 1. The number of hydrogen-bond donors (Lipinski definition) is 2. The van der Waals surface area contributed by atoms with E-state index in [0.29, 0.717) is 10.5 Å². The Labute approximate surface area is 121 Å². The fourth-order valence-corrected chi connectivity index (χ4v) is 2.11. The van der Waals surface area contributed by atoms with Crippen molar-refractivity contribution in [3.63, 3.8) is 0 Å². The molecule has 1 aromatic heterocycles. The number of para-hydroxylation sites is 1. The highest BCUT2D eigenvalue weighted by Crippen LogP contribution is 2.22. The number of nitrogens with one attached hydrogen (secondary N) is 1. The van der Waals surface area contributed by atoms with Crippen LogP contribution in [0.15, 0.2) is 30.3 Å². The summed E-state index contributed by atoms with van der Waals surface area (Å²) in [6, 6.07) is 8.36. The van der Waals surface area contributed by atoms with Crippen LogP contribution >= 0.6 is 11.6 Å². The zero-order valence-corrected chi connectivity index (χ0v) is 11.7. The number of aliphatic hydroxyl groups is 1. The number of aromatic nitrogens is 1. The van der Waals surface area contributed by atoms with Gasteiger partial charge in [-0.3, -0.25) is 4.79 Å². The van der Waals surface area contributed by atoms with Crippen molar-refractivity contribution in [1.82, 2.24) is 10.3 Å². The second-order valence-corrected chi connectivity index (χ2v) is 4.72. The lowest BCUT2D eigenvalue weighted by molar-refractivity contribution is 0.0835. The topological polar surface area (TPSA) is 71.5 Å². The van der Waals surface area contributed by atoms with Gasteiger partial charge in [0.25, 0.3) is 5.91 Å². The van der Waals surface area contributed by atoms with E-state index in [4.69, 9.17) is 21.4 Å². The molecule has 1 aromatic carbocycles. The zero-order valence-electron chi connectivity index (χ0n) is 11.0. The highest BCUT2D eigenvalue weighted by Gasteiger charge is 2.15. The minimum absolute atomic E-state index is 0.207. The average molecular weight is 295 g/mol. The van der Waals surface area contributed by atoms with Crippen molar-refractivity contribution >= 4 is 28.4 Å². The highest BCUT2D eigenvalue weighted by atomic mass is 35.5. The second-order valence-electron chi connectivity index (χ2n) is 4.31. The summed E-state index contributed by atoms with van der Waals surface area (Å²) in [4.78, 5) is 16.4. The Morgan fingerprint density at radius 1 is 1.50 bits per heavy atom. The number of nitrogens with zero attached hydrogens (tertiary/aromatic N) is 1. The Balaban J connectivity index is 2.26. The molecule has 1 heterocycles. The molecule has 20 heavy (non-hydrogen) atoms. The molecule has 2 rings (SSSR count). The van der Waals surface area contributed by atoms with Crippen molar-refractivity contribution in [2.75, 3.05) is 20.3 Å². The second kappa shape index (κ2) is 6.65. The molecule has 2 N–H and O–H groups in total. The third-order valence-electron chi connectivity index (χ3n) is 2.82. The summed E-state index contributed by atoms with van der Waals surface area (Å²) in [5.41, 5.74) is 0.862. The molecule has 0 aliphatic carbocycles. The van der Waals surface area contributed by atoms with Gasteiger partial charge in [0.2, 0.25) is 0 Å². The molecule has 1 amide bonds. The van der Waals surface area contributed by atoms with Gasteiger partial charge in [0, 0.05) is 12.5 Å². The first-order valence-electron chi connectivity index (χ1n) is 6.11. The van der Waals surface area contributed by atoms with Crippen molar-refractivity contribution in [2.45, 2.75) is 6.04 Å². The van der Waals surface area contributed by atoms with Crippen LogP contribution in [0.5, 0.6) is 0 Å².